The summed E-state index contributed by atoms with van der Waals surface area (Å²) in [4.78, 5) is 0. The van der Waals surface area contributed by atoms with E-state index >= 15 is 0 Å². The van der Waals surface area contributed by atoms with Gasteiger partial charge < -0.3 is 6.15 Å². The first-order valence-electron chi connectivity index (χ1n) is 0.645. The van der Waals surface area contributed by atoms with Crippen LogP contribution in [0.25, 0.3) is 0 Å². The van der Waals surface area contributed by atoms with Crippen molar-refractivity contribution in [3.8, 4) is 0 Å². The van der Waals surface area contributed by atoms with Crippen molar-refractivity contribution < 1.29 is 27.3 Å². The number of hydrogen-bond acceptors (Lipinski definition) is 3. The Balaban J connectivity index is 0. The van der Waals surface area contributed by atoms with Gasteiger partial charge in [0.2, 0.25) is 0 Å². The topological polar surface area (TPSA) is 89.4 Å². The molecule has 43 valence electrons. The van der Waals surface area contributed by atoms with E-state index in [0.717, 1.165) is 0 Å². The fourth-order valence-electron chi connectivity index (χ4n) is 0. The Morgan fingerprint density at radius 1 is 1.50 bits per heavy atom. The van der Waals surface area contributed by atoms with Crippen molar-refractivity contribution in [3.05, 3.63) is 0 Å². The molecule has 0 amide bonds. The molecule has 0 bridgehead atoms. The van der Waals surface area contributed by atoms with Gasteiger partial charge in [0.25, 0.3) is 0 Å². The van der Waals surface area contributed by atoms with Crippen molar-refractivity contribution in [3.63, 3.8) is 0 Å². The van der Waals surface area contributed by atoms with Gasteiger partial charge in [-0.3, -0.25) is 0 Å². The predicted octanol–water partition coefficient (Wildman–Crippen LogP) is -0.502. The molecule has 0 radical (unpaired) electrons. The molecule has 0 fully saturated rings. The van der Waals surface area contributed by atoms with Crippen LogP contribution in [0.4, 0.5) is 0 Å². The van der Waals surface area contributed by atoms with Crippen LogP contribution in [0, 0.1) is 0 Å². The molecule has 0 aliphatic carbocycles. The van der Waals surface area contributed by atoms with Crippen molar-refractivity contribution in [2.24, 2.45) is 0 Å². The van der Waals surface area contributed by atoms with E-state index in [9.17, 15) is 0 Å². The van der Waals surface area contributed by atoms with Crippen LogP contribution < -0.4 is 6.15 Å². The first-order chi connectivity index (χ1) is 2.00. The Morgan fingerprint density at radius 3 is 1.50 bits per heavy atom. The molecule has 0 aliphatic heterocycles. The summed E-state index contributed by atoms with van der Waals surface area (Å²) in [5, 5.41) is 0. The van der Waals surface area contributed by atoms with Gasteiger partial charge in [-0.25, -0.2) is 0 Å². The van der Waals surface area contributed by atoms with Crippen molar-refractivity contribution in [1.82, 2.24) is 6.15 Å². The van der Waals surface area contributed by atoms with Gasteiger partial charge in [0.1, 0.15) is 0 Å². The summed E-state index contributed by atoms with van der Waals surface area (Å²) in [5.74, 6) is 0. The summed E-state index contributed by atoms with van der Waals surface area (Å²) in [5.41, 5.74) is 0. The summed E-state index contributed by atoms with van der Waals surface area (Å²) in [7, 11) is -4.04. The molecule has 6 heavy (non-hydrogen) atoms. The normalized spacial score (nSPS) is 9.83. The molecular weight excluding hydrogens is 153 g/mol. The van der Waals surface area contributed by atoms with Crippen LogP contribution in [-0.4, -0.2) is 13.0 Å². The minimum absolute atomic E-state index is 0. The van der Waals surface area contributed by atoms with Gasteiger partial charge in [-0.05, 0) is 0 Å². The Kier molecular flexibility index (Phi) is 4.04. The van der Waals surface area contributed by atoms with Gasteiger partial charge in [-0.1, -0.05) is 0 Å². The second-order valence-corrected chi connectivity index (χ2v) is 2.67. The van der Waals surface area contributed by atoms with Gasteiger partial charge in [0.15, 0.2) is 0 Å². The SMILES string of the molecule is N.O=[S](=O)(O)[Ni]. The molecule has 0 aliphatic rings. The van der Waals surface area contributed by atoms with Crippen molar-refractivity contribution in [2.45, 2.75) is 0 Å². The van der Waals surface area contributed by atoms with Crippen LogP contribution in [0.3, 0.4) is 0 Å². The summed E-state index contributed by atoms with van der Waals surface area (Å²) >= 11 is 3.09. The van der Waals surface area contributed by atoms with Crippen LogP contribution in [0.2, 0.25) is 0 Å². The summed E-state index contributed by atoms with van der Waals surface area (Å²) in [6.07, 6.45) is 0. The zero-order valence-electron chi connectivity index (χ0n) is 2.70. The molecule has 4 nitrogen and oxygen atoms in total. The van der Waals surface area contributed by atoms with E-state index in [1.807, 2.05) is 0 Å². The molecule has 0 spiro atoms. The van der Waals surface area contributed by atoms with E-state index in [0.29, 0.717) is 0 Å². The number of rotatable bonds is 0. The second-order valence-electron chi connectivity index (χ2n) is 0.380. The maximum atomic E-state index is 9.02. The molecule has 0 saturated heterocycles. The summed E-state index contributed by atoms with van der Waals surface area (Å²) < 4.78 is 25.4. The van der Waals surface area contributed by atoms with E-state index in [-0.39, 0.29) is 6.15 Å². The predicted molar refractivity (Wildman–Crippen MR) is 16.6 cm³/mol. The van der Waals surface area contributed by atoms with Crippen LogP contribution in [0.1, 0.15) is 0 Å². The minimum atomic E-state index is -4.04. The third kappa shape index (κ3) is 374. The summed E-state index contributed by atoms with van der Waals surface area (Å²) in [6, 6.07) is 0. The average Bonchev–Trinajstić information content (AvgIpc) is 0.722. The molecule has 0 unspecified atom stereocenters. The standard InChI is InChI=1S/H3N.Ni.HO3S/c;;1-4(2)3/h1H3;;(H,1,2,3). The van der Waals surface area contributed by atoms with Gasteiger partial charge in [0, 0.05) is 0 Å². The van der Waals surface area contributed by atoms with Gasteiger partial charge in [-0.2, -0.15) is 0 Å². The third-order valence-corrected chi connectivity index (χ3v) is 0. The Hall–Kier alpha value is 0.364. The van der Waals surface area contributed by atoms with Crippen molar-refractivity contribution in [1.29, 1.82) is 0 Å². The fourth-order valence-corrected chi connectivity index (χ4v) is 0. The van der Waals surface area contributed by atoms with E-state index < -0.39 is 8.64 Å². The Bertz CT molecular complexity index is 94.0. The van der Waals surface area contributed by atoms with Crippen LogP contribution >= 0.6 is 0 Å². The van der Waals surface area contributed by atoms with Crippen LogP contribution in [0.5, 0.6) is 0 Å². The van der Waals surface area contributed by atoms with E-state index in [1.165, 1.54) is 0 Å². The molecule has 6 heteroatoms. The van der Waals surface area contributed by atoms with Gasteiger partial charge in [0.05, 0.1) is 0 Å². The first kappa shape index (κ1) is 9.61. The first-order valence-corrected chi connectivity index (χ1v) is 3.14. The molecule has 0 atom stereocenters. The van der Waals surface area contributed by atoms with Crippen LogP contribution in [0.15, 0.2) is 0 Å². The zero-order chi connectivity index (χ0) is 4.50. The van der Waals surface area contributed by atoms with E-state index in [2.05, 4.69) is 14.4 Å². The van der Waals surface area contributed by atoms with Gasteiger partial charge >= 0.3 is 36.0 Å². The van der Waals surface area contributed by atoms with E-state index in [1.54, 1.807) is 0 Å². The Morgan fingerprint density at radius 2 is 1.50 bits per heavy atom. The average molecular weight is 157 g/mol. The molecule has 0 aromatic rings. The Labute approximate surface area is 42.7 Å². The van der Waals surface area contributed by atoms with E-state index in [4.69, 9.17) is 13.0 Å². The molecular formula is H4NNiO3S. The molecule has 0 rings (SSSR count). The molecule has 0 aromatic carbocycles. The fraction of sp³-hybridized carbons (Fsp3) is 0. The quantitative estimate of drug-likeness (QED) is 0.366. The molecule has 0 aromatic heterocycles. The van der Waals surface area contributed by atoms with Crippen LogP contribution in [-0.2, 0) is 23.0 Å². The van der Waals surface area contributed by atoms with Gasteiger partial charge in [-0.15, -0.1) is 0 Å². The number of hydrogen-bond donors (Lipinski definition) is 2. The molecule has 4 N–H and O–H groups in total. The molecule has 0 saturated carbocycles. The summed E-state index contributed by atoms with van der Waals surface area (Å²) in [6.45, 7) is 0. The monoisotopic (exact) mass is 156 g/mol. The third-order valence-electron chi connectivity index (χ3n) is 0. The van der Waals surface area contributed by atoms with Crippen molar-refractivity contribution >= 4 is 8.64 Å². The second kappa shape index (κ2) is 2.52. The zero-order valence-corrected chi connectivity index (χ0v) is 4.50. The maximum absolute atomic E-state index is 9.02. The molecule has 0 heterocycles. The van der Waals surface area contributed by atoms with Crippen molar-refractivity contribution in [2.75, 3.05) is 0 Å².